The molecular formula is C52H91NO8P+. The van der Waals surface area contributed by atoms with Gasteiger partial charge in [-0.2, -0.15) is 0 Å². The molecule has 0 saturated carbocycles. The van der Waals surface area contributed by atoms with Crippen LogP contribution >= 0.6 is 7.82 Å². The Morgan fingerprint density at radius 2 is 0.952 bits per heavy atom. The molecule has 62 heavy (non-hydrogen) atoms. The van der Waals surface area contributed by atoms with E-state index in [1.54, 1.807) is 0 Å². The van der Waals surface area contributed by atoms with Gasteiger partial charge in [0.05, 0.1) is 27.7 Å². The summed E-state index contributed by atoms with van der Waals surface area (Å²) >= 11 is 0. The molecule has 0 spiro atoms. The first-order valence-electron chi connectivity index (χ1n) is 24.3. The second-order valence-electron chi connectivity index (χ2n) is 17.1. The Bertz CT molecular complexity index is 1330. The smallest absolute Gasteiger partial charge is 0.462 e. The molecule has 0 aliphatic rings. The molecule has 0 aliphatic heterocycles. The minimum Gasteiger partial charge on any atom is -0.462 e. The van der Waals surface area contributed by atoms with Crippen molar-refractivity contribution in [3.05, 3.63) is 85.1 Å². The summed E-state index contributed by atoms with van der Waals surface area (Å²) < 4.78 is 34.3. The van der Waals surface area contributed by atoms with Crippen molar-refractivity contribution in [2.24, 2.45) is 0 Å². The number of phosphoric ester groups is 1. The topological polar surface area (TPSA) is 108 Å². The van der Waals surface area contributed by atoms with E-state index in [1.165, 1.54) is 89.9 Å². The number of carbonyl (C=O) groups excluding carboxylic acids is 2. The predicted molar refractivity (Wildman–Crippen MR) is 261 cm³/mol. The molecule has 9 nitrogen and oxygen atoms in total. The van der Waals surface area contributed by atoms with Crippen LogP contribution in [0.3, 0.4) is 0 Å². The van der Waals surface area contributed by atoms with Crippen molar-refractivity contribution in [1.82, 2.24) is 0 Å². The first-order chi connectivity index (χ1) is 30.0. The summed E-state index contributed by atoms with van der Waals surface area (Å²) in [5.74, 6) is -0.903. The Balaban J connectivity index is 4.42. The van der Waals surface area contributed by atoms with Crippen LogP contribution in [0.5, 0.6) is 0 Å². The Morgan fingerprint density at radius 1 is 0.516 bits per heavy atom. The van der Waals surface area contributed by atoms with Gasteiger partial charge in [0.15, 0.2) is 6.10 Å². The van der Waals surface area contributed by atoms with Crippen molar-refractivity contribution in [3.8, 4) is 0 Å². The van der Waals surface area contributed by atoms with Gasteiger partial charge < -0.3 is 18.9 Å². The molecule has 0 amide bonds. The maximum absolute atomic E-state index is 12.7. The van der Waals surface area contributed by atoms with Crippen molar-refractivity contribution in [3.63, 3.8) is 0 Å². The molecule has 0 heterocycles. The van der Waals surface area contributed by atoms with Gasteiger partial charge in [-0.15, -0.1) is 0 Å². The van der Waals surface area contributed by atoms with E-state index in [4.69, 9.17) is 18.5 Å². The highest BCUT2D eigenvalue weighted by Crippen LogP contribution is 2.43. The quantitative estimate of drug-likeness (QED) is 0.0212. The zero-order valence-corrected chi connectivity index (χ0v) is 41.0. The number of likely N-dealkylation sites (N-methyl/N-ethyl adjacent to an activating group) is 1. The SMILES string of the molecule is CC/C=C\C/C=C\C/C=C\C/C=C\C/C=C\C/C=C\CCC(=O)OC(COC(=O)CCCCCCCCCCC/C=C\CCCCCCCC)COP(=O)(O)OCC[N+](C)(C)C. The number of esters is 2. The first kappa shape index (κ1) is 59.2. The molecule has 0 aromatic rings. The third-order valence-corrected chi connectivity index (χ3v) is 10.9. The normalized spacial score (nSPS) is 14.2. The van der Waals surface area contributed by atoms with E-state index in [1.807, 2.05) is 33.3 Å². The Morgan fingerprint density at radius 3 is 1.44 bits per heavy atom. The fourth-order valence-electron chi connectivity index (χ4n) is 6.15. The maximum Gasteiger partial charge on any atom is 0.472 e. The molecule has 2 atom stereocenters. The predicted octanol–water partition coefficient (Wildman–Crippen LogP) is 14.4. The minimum absolute atomic E-state index is 0.0138. The lowest BCUT2D eigenvalue weighted by molar-refractivity contribution is -0.870. The standard InChI is InChI=1S/C52H90NO8P/c1-6-8-10-12-14-16-18-20-22-24-26-28-30-32-34-36-38-40-42-44-51(54)58-48-50(49-60-62(56,57)59-47-46-53(3,4)5)61-52(55)45-43-41-39-37-35-33-31-29-27-25-23-21-19-17-15-13-11-9-7-2/h9,11,15,17,20-23,27,29,33,35,39,41,50H,6-8,10,12-14,16,18-19,24-26,28,30-32,34,36-38,40,42-49H2,1-5H3/p+1/b11-9-,17-15-,22-20-,23-21-,29-27-,35-33-,41-39-. The third kappa shape index (κ3) is 46.7. The van der Waals surface area contributed by atoms with Gasteiger partial charge in [-0.05, 0) is 77.0 Å². The summed E-state index contributed by atoms with van der Waals surface area (Å²) in [5, 5.41) is 0. The average Bonchev–Trinajstić information content (AvgIpc) is 3.23. The summed E-state index contributed by atoms with van der Waals surface area (Å²) in [6.07, 6.45) is 56.5. The number of allylic oxidation sites excluding steroid dienone is 14. The van der Waals surface area contributed by atoms with Gasteiger partial charge in [0, 0.05) is 12.8 Å². The molecule has 0 fully saturated rings. The first-order valence-corrected chi connectivity index (χ1v) is 25.8. The zero-order valence-electron chi connectivity index (χ0n) is 40.1. The molecule has 0 rings (SSSR count). The number of ether oxygens (including phenoxy) is 2. The van der Waals surface area contributed by atoms with Crippen molar-refractivity contribution in [2.45, 2.75) is 187 Å². The largest absolute Gasteiger partial charge is 0.472 e. The number of hydrogen-bond donors (Lipinski definition) is 1. The van der Waals surface area contributed by atoms with Crippen molar-refractivity contribution >= 4 is 19.8 Å². The number of hydrogen-bond acceptors (Lipinski definition) is 7. The van der Waals surface area contributed by atoms with E-state index in [9.17, 15) is 19.0 Å². The molecule has 0 radical (unpaired) electrons. The van der Waals surface area contributed by atoms with E-state index in [0.717, 1.165) is 57.8 Å². The van der Waals surface area contributed by atoms with Crippen LogP contribution in [0.25, 0.3) is 0 Å². The third-order valence-electron chi connectivity index (χ3n) is 9.92. The van der Waals surface area contributed by atoms with Crippen LogP contribution < -0.4 is 0 Å². The fraction of sp³-hybridized carbons (Fsp3) is 0.692. The summed E-state index contributed by atoms with van der Waals surface area (Å²) in [6, 6.07) is 0. The molecule has 1 N–H and O–H groups in total. The summed E-state index contributed by atoms with van der Waals surface area (Å²) in [5.41, 5.74) is 0. The Kier molecular flexibility index (Phi) is 41.5. The van der Waals surface area contributed by atoms with E-state index in [-0.39, 0.29) is 26.1 Å². The van der Waals surface area contributed by atoms with Gasteiger partial charge in [0.25, 0.3) is 0 Å². The van der Waals surface area contributed by atoms with Crippen LogP contribution in [0.2, 0.25) is 0 Å². The number of nitrogens with zero attached hydrogens (tertiary/aromatic N) is 1. The molecule has 0 aromatic heterocycles. The summed E-state index contributed by atoms with van der Waals surface area (Å²) in [7, 11) is 1.42. The highest BCUT2D eigenvalue weighted by atomic mass is 31.2. The van der Waals surface area contributed by atoms with Crippen LogP contribution in [-0.2, 0) is 32.7 Å². The molecular weight excluding hydrogens is 798 g/mol. The highest BCUT2D eigenvalue weighted by Gasteiger charge is 2.27. The zero-order chi connectivity index (χ0) is 45.7. The van der Waals surface area contributed by atoms with Gasteiger partial charge in [-0.25, -0.2) is 4.57 Å². The van der Waals surface area contributed by atoms with E-state index in [0.29, 0.717) is 17.4 Å². The van der Waals surface area contributed by atoms with Crippen LogP contribution in [0, 0.1) is 0 Å². The number of rotatable bonds is 43. The van der Waals surface area contributed by atoms with Gasteiger partial charge >= 0.3 is 19.8 Å². The average molecular weight is 889 g/mol. The lowest BCUT2D eigenvalue weighted by Gasteiger charge is -2.24. The Labute approximate surface area is 380 Å². The number of carbonyl (C=O) groups is 2. The van der Waals surface area contributed by atoms with Crippen LogP contribution in [0.4, 0.5) is 0 Å². The molecule has 0 aromatic carbocycles. The van der Waals surface area contributed by atoms with Gasteiger partial charge in [-0.1, -0.05) is 176 Å². The highest BCUT2D eigenvalue weighted by molar-refractivity contribution is 7.47. The maximum atomic E-state index is 12.7. The molecule has 0 bridgehead atoms. The summed E-state index contributed by atoms with van der Waals surface area (Å²) in [6.45, 7) is 4.21. The van der Waals surface area contributed by atoms with E-state index < -0.39 is 32.5 Å². The molecule has 356 valence electrons. The van der Waals surface area contributed by atoms with E-state index in [2.05, 4.69) is 86.8 Å². The van der Waals surface area contributed by atoms with Crippen LogP contribution in [0.15, 0.2) is 85.1 Å². The second-order valence-corrected chi connectivity index (χ2v) is 18.6. The second kappa shape index (κ2) is 43.4. The molecule has 10 heteroatoms. The Hall–Kier alpha value is -2.81. The number of phosphoric acid groups is 1. The van der Waals surface area contributed by atoms with Crippen LogP contribution in [-0.4, -0.2) is 74.9 Å². The number of unbranched alkanes of at least 4 members (excludes halogenated alkanes) is 15. The fourth-order valence-corrected chi connectivity index (χ4v) is 6.89. The van der Waals surface area contributed by atoms with Crippen LogP contribution in [0.1, 0.15) is 181 Å². The monoisotopic (exact) mass is 889 g/mol. The van der Waals surface area contributed by atoms with Gasteiger partial charge in [-0.3, -0.25) is 18.6 Å². The van der Waals surface area contributed by atoms with Gasteiger partial charge in [0.2, 0.25) is 0 Å². The molecule has 2 unspecified atom stereocenters. The van der Waals surface area contributed by atoms with Gasteiger partial charge in [0.1, 0.15) is 19.8 Å². The van der Waals surface area contributed by atoms with Crippen molar-refractivity contribution in [1.29, 1.82) is 0 Å². The minimum atomic E-state index is -4.40. The lowest BCUT2D eigenvalue weighted by Crippen LogP contribution is -2.37. The molecule has 0 aliphatic carbocycles. The van der Waals surface area contributed by atoms with Crippen molar-refractivity contribution < 1.29 is 42.1 Å². The molecule has 0 saturated heterocycles. The van der Waals surface area contributed by atoms with Crippen molar-refractivity contribution in [2.75, 3.05) is 47.5 Å². The summed E-state index contributed by atoms with van der Waals surface area (Å²) in [4.78, 5) is 35.5. The number of quaternary nitrogens is 1. The van der Waals surface area contributed by atoms with E-state index >= 15 is 0 Å². The lowest BCUT2D eigenvalue weighted by atomic mass is 10.1.